The van der Waals surface area contributed by atoms with Crippen LogP contribution < -0.4 is 9.64 Å². The number of methoxy groups -OCH3 is 1. The molecular weight excluding hydrogens is 226 g/mol. The van der Waals surface area contributed by atoms with Crippen LogP contribution >= 0.6 is 0 Å². The molecule has 1 fully saturated rings. The molecule has 0 aromatic heterocycles. The number of rotatable bonds is 3. The van der Waals surface area contributed by atoms with Crippen molar-refractivity contribution in [3.63, 3.8) is 0 Å². The minimum absolute atomic E-state index is 0.0645. The van der Waals surface area contributed by atoms with E-state index in [4.69, 9.17) is 4.74 Å². The number of ketones is 1. The standard InChI is InChI=1S/C15H21NO2/c1-10-8-16(9-11(10)2)13-6-5-7-14(18-4)15(13)12(3)17/h5-7,10-11H,8-9H2,1-4H3. The topological polar surface area (TPSA) is 29.5 Å². The molecule has 0 bridgehead atoms. The summed E-state index contributed by atoms with van der Waals surface area (Å²) >= 11 is 0. The smallest absolute Gasteiger partial charge is 0.165 e. The van der Waals surface area contributed by atoms with Crippen LogP contribution in [0.25, 0.3) is 0 Å². The van der Waals surface area contributed by atoms with Crippen molar-refractivity contribution in [3.05, 3.63) is 23.8 Å². The summed E-state index contributed by atoms with van der Waals surface area (Å²) in [5.74, 6) is 2.06. The Labute approximate surface area is 109 Å². The van der Waals surface area contributed by atoms with Crippen molar-refractivity contribution in [2.75, 3.05) is 25.1 Å². The fraction of sp³-hybridized carbons (Fsp3) is 0.533. The minimum Gasteiger partial charge on any atom is -0.496 e. The molecule has 1 aliphatic rings. The minimum atomic E-state index is 0.0645. The molecule has 0 saturated carbocycles. The third kappa shape index (κ3) is 2.22. The number of carbonyl (C=O) groups excluding carboxylic acids is 1. The number of Topliss-reactive ketones (excluding diaryl/α,β-unsaturated/α-hetero) is 1. The van der Waals surface area contributed by atoms with Gasteiger partial charge in [-0.3, -0.25) is 4.79 Å². The van der Waals surface area contributed by atoms with Gasteiger partial charge in [0, 0.05) is 13.1 Å². The molecule has 0 aliphatic carbocycles. The lowest BCUT2D eigenvalue weighted by Crippen LogP contribution is -2.22. The average molecular weight is 247 g/mol. The zero-order valence-corrected chi connectivity index (χ0v) is 11.6. The molecule has 0 spiro atoms. The summed E-state index contributed by atoms with van der Waals surface area (Å²) in [6.45, 7) is 8.14. The molecule has 3 heteroatoms. The van der Waals surface area contributed by atoms with Crippen LogP contribution in [0, 0.1) is 11.8 Å². The Morgan fingerprint density at radius 2 is 1.89 bits per heavy atom. The van der Waals surface area contributed by atoms with Crippen molar-refractivity contribution >= 4 is 11.5 Å². The molecule has 98 valence electrons. The second-order valence-electron chi connectivity index (χ2n) is 5.27. The summed E-state index contributed by atoms with van der Waals surface area (Å²) in [4.78, 5) is 14.2. The van der Waals surface area contributed by atoms with Gasteiger partial charge in [-0.2, -0.15) is 0 Å². The van der Waals surface area contributed by atoms with Crippen molar-refractivity contribution in [2.24, 2.45) is 11.8 Å². The Hall–Kier alpha value is -1.51. The largest absolute Gasteiger partial charge is 0.496 e. The number of anilines is 1. The van der Waals surface area contributed by atoms with E-state index in [1.807, 2.05) is 18.2 Å². The van der Waals surface area contributed by atoms with E-state index in [9.17, 15) is 4.79 Å². The summed E-state index contributed by atoms with van der Waals surface area (Å²) in [6, 6.07) is 5.82. The Morgan fingerprint density at radius 3 is 2.39 bits per heavy atom. The van der Waals surface area contributed by atoms with Gasteiger partial charge in [0.1, 0.15) is 5.75 Å². The lowest BCUT2D eigenvalue weighted by molar-refractivity contribution is 0.101. The van der Waals surface area contributed by atoms with E-state index in [0.717, 1.165) is 18.8 Å². The zero-order valence-electron chi connectivity index (χ0n) is 11.6. The van der Waals surface area contributed by atoms with Crippen LogP contribution in [0.2, 0.25) is 0 Å². The molecule has 2 unspecified atom stereocenters. The maximum Gasteiger partial charge on any atom is 0.165 e. The van der Waals surface area contributed by atoms with Crippen LogP contribution in [0.5, 0.6) is 5.75 Å². The van der Waals surface area contributed by atoms with Crippen molar-refractivity contribution in [2.45, 2.75) is 20.8 Å². The molecule has 2 atom stereocenters. The van der Waals surface area contributed by atoms with E-state index in [0.29, 0.717) is 23.1 Å². The van der Waals surface area contributed by atoms with E-state index < -0.39 is 0 Å². The third-order valence-corrected chi connectivity index (χ3v) is 3.91. The molecule has 1 aliphatic heterocycles. The highest BCUT2D eigenvalue weighted by Crippen LogP contribution is 2.34. The van der Waals surface area contributed by atoms with Gasteiger partial charge in [0.15, 0.2) is 5.78 Å². The summed E-state index contributed by atoms with van der Waals surface area (Å²) in [5.41, 5.74) is 1.72. The summed E-state index contributed by atoms with van der Waals surface area (Å²) in [5, 5.41) is 0. The molecular formula is C15H21NO2. The van der Waals surface area contributed by atoms with E-state index in [-0.39, 0.29) is 5.78 Å². The summed E-state index contributed by atoms with van der Waals surface area (Å²) in [6.07, 6.45) is 0. The first-order chi connectivity index (χ1) is 8.54. The molecule has 0 radical (unpaired) electrons. The first-order valence-electron chi connectivity index (χ1n) is 6.47. The fourth-order valence-electron chi connectivity index (χ4n) is 2.63. The molecule has 1 heterocycles. The van der Waals surface area contributed by atoms with E-state index in [2.05, 4.69) is 18.7 Å². The van der Waals surface area contributed by atoms with Gasteiger partial charge >= 0.3 is 0 Å². The molecule has 1 aromatic carbocycles. The van der Waals surface area contributed by atoms with Crippen molar-refractivity contribution in [3.8, 4) is 5.75 Å². The second kappa shape index (κ2) is 5.01. The van der Waals surface area contributed by atoms with Crippen molar-refractivity contribution < 1.29 is 9.53 Å². The van der Waals surface area contributed by atoms with Gasteiger partial charge < -0.3 is 9.64 Å². The third-order valence-electron chi connectivity index (χ3n) is 3.91. The quantitative estimate of drug-likeness (QED) is 0.769. The molecule has 0 N–H and O–H groups in total. The second-order valence-corrected chi connectivity index (χ2v) is 5.27. The summed E-state index contributed by atoms with van der Waals surface area (Å²) in [7, 11) is 1.61. The van der Waals surface area contributed by atoms with Gasteiger partial charge in [-0.15, -0.1) is 0 Å². The van der Waals surface area contributed by atoms with Crippen LogP contribution in [0.1, 0.15) is 31.1 Å². The highest BCUT2D eigenvalue weighted by Gasteiger charge is 2.29. The van der Waals surface area contributed by atoms with E-state index in [1.165, 1.54) is 0 Å². The number of carbonyl (C=O) groups is 1. The lowest BCUT2D eigenvalue weighted by atomic mass is 10.0. The highest BCUT2D eigenvalue weighted by molar-refractivity contribution is 6.02. The number of hydrogen-bond donors (Lipinski definition) is 0. The fourth-order valence-corrected chi connectivity index (χ4v) is 2.63. The number of nitrogens with zero attached hydrogens (tertiary/aromatic N) is 1. The summed E-state index contributed by atoms with van der Waals surface area (Å²) < 4.78 is 5.31. The van der Waals surface area contributed by atoms with Crippen molar-refractivity contribution in [1.29, 1.82) is 0 Å². The monoisotopic (exact) mass is 247 g/mol. The van der Waals surface area contributed by atoms with Gasteiger partial charge in [-0.1, -0.05) is 19.9 Å². The molecule has 1 saturated heterocycles. The van der Waals surface area contributed by atoms with Crippen LogP contribution in [0.15, 0.2) is 18.2 Å². The van der Waals surface area contributed by atoms with E-state index >= 15 is 0 Å². The van der Waals surface area contributed by atoms with Crippen LogP contribution in [-0.4, -0.2) is 26.0 Å². The molecule has 1 aromatic rings. The molecule has 3 nitrogen and oxygen atoms in total. The Kier molecular flexibility index (Phi) is 3.60. The maximum atomic E-state index is 11.9. The first-order valence-corrected chi connectivity index (χ1v) is 6.47. The van der Waals surface area contributed by atoms with Crippen LogP contribution in [0.4, 0.5) is 5.69 Å². The average Bonchev–Trinajstić information content (AvgIpc) is 2.68. The zero-order chi connectivity index (χ0) is 13.3. The number of benzene rings is 1. The highest BCUT2D eigenvalue weighted by atomic mass is 16.5. The Balaban J connectivity index is 2.42. The normalized spacial score (nSPS) is 23.2. The Bertz CT molecular complexity index is 446. The maximum absolute atomic E-state index is 11.9. The number of hydrogen-bond acceptors (Lipinski definition) is 3. The lowest BCUT2D eigenvalue weighted by Gasteiger charge is -2.22. The van der Waals surface area contributed by atoms with Gasteiger partial charge in [0.05, 0.1) is 18.4 Å². The Morgan fingerprint density at radius 1 is 1.28 bits per heavy atom. The SMILES string of the molecule is COc1cccc(N2CC(C)C(C)C2)c1C(C)=O. The van der Waals surface area contributed by atoms with Crippen molar-refractivity contribution in [1.82, 2.24) is 0 Å². The molecule has 2 rings (SSSR count). The van der Waals surface area contributed by atoms with E-state index in [1.54, 1.807) is 14.0 Å². The predicted octanol–water partition coefficient (Wildman–Crippen LogP) is 2.99. The molecule has 18 heavy (non-hydrogen) atoms. The molecule has 0 amide bonds. The van der Waals surface area contributed by atoms with Gasteiger partial charge in [-0.25, -0.2) is 0 Å². The van der Waals surface area contributed by atoms with Gasteiger partial charge in [0.25, 0.3) is 0 Å². The predicted molar refractivity (Wildman–Crippen MR) is 73.5 cm³/mol. The number of ether oxygens (including phenoxy) is 1. The van der Waals surface area contributed by atoms with Gasteiger partial charge in [-0.05, 0) is 30.9 Å². The first kappa shape index (κ1) is 12.9. The van der Waals surface area contributed by atoms with Gasteiger partial charge in [0.2, 0.25) is 0 Å². The van der Waals surface area contributed by atoms with Crippen LogP contribution in [0.3, 0.4) is 0 Å². The van der Waals surface area contributed by atoms with Crippen LogP contribution in [-0.2, 0) is 0 Å².